The Bertz CT molecular complexity index is 762. The number of phenols is 1. The molecule has 0 spiro atoms. The summed E-state index contributed by atoms with van der Waals surface area (Å²) in [4.78, 5) is 50.0. The zero-order valence-electron chi connectivity index (χ0n) is 16.9. The third-order valence-corrected chi connectivity index (χ3v) is 5.22. The Balaban J connectivity index is 1.78. The molecule has 1 heterocycles. The van der Waals surface area contributed by atoms with E-state index in [1.807, 2.05) is 0 Å². The van der Waals surface area contributed by atoms with Gasteiger partial charge in [-0.25, -0.2) is 0 Å². The third-order valence-electron chi connectivity index (χ3n) is 5.22. The number of nitrogens with one attached hydrogen (secondary N) is 1. The quantitative estimate of drug-likeness (QED) is 0.552. The summed E-state index contributed by atoms with van der Waals surface area (Å²) in [5.74, 6) is -1.48. The number of carbonyl (C=O) groups is 4. The fourth-order valence-electron chi connectivity index (χ4n) is 3.47. The Morgan fingerprint density at radius 1 is 1.24 bits per heavy atom. The SMILES string of the molecule is CC(=O)[C@@H]1CCCN1C(=O)CNC(=O)[C@H](C)CC(=O)[C@@H](N)Cc1ccc(O)cc1. The molecule has 0 bridgehead atoms. The van der Waals surface area contributed by atoms with Gasteiger partial charge in [-0.1, -0.05) is 19.1 Å². The monoisotopic (exact) mass is 403 g/mol. The summed E-state index contributed by atoms with van der Waals surface area (Å²) >= 11 is 0. The largest absolute Gasteiger partial charge is 0.508 e. The van der Waals surface area contributed by atoms with Crippen LogP contribution < -0.4 is 11.1 Å². The van der Waals surface area contributed by atoms with Crippen LogP contribution in [0.5, 0.6) is 5.75 Å². The molecule has 8 heteroatoms. The number of carbonyl (C=O) groups excluding carboxylic acids is 4. The van der Waals surface area contributed by atoms with Crippen LogP contribution in [-0.4, -0.2) is 58.6 Å². The van der Waals surface area contributed by atoms with Crippen molar-refractivity contribution in [3.8, 4) is 5.75 Å². The predicted octanol–water partition coefficient (Wildman–Crippen LogP) is 0.554. The summed E-state index contributed by atoms with van der Waals surface area (Å²) in [5.41, 5.74) is 6.76. The summed E-state index contributed by atoms with van der Waals surface area (Å²) < 4.78 is 0. The predicted molar refractivity (Wildman–Crippen MR) is 107 cm³/mol. The normalized spacial score (nSPS) is 18.2. The van der Waals surface area contributed by atoms with Crippen molar-refractivity contribution in [2.45, 2.75) is 51.6 Å². The lowest BCUT2D eigenvalue weighted by Gasteiger charge is -2.23. The maximum Gasteiger partial charge on any atom is 0.242 e. The molecule has 1 aliphatic heterocycles. The van der Waals surface area contributed by atoms with Crippen molar-refractivity contribution >= 4 is 23.4 Å². The molecule has 158 valence electrons. The fraction of sp³-hybridized carbons (Fsp3) is 0.524. The van der Waals surface area contributed by atoms with Gasteiger partial charge in [-0.3, -0.25) is 19.2 Å². The lowest BCUT2D eigenvalue weighted by Crippen LogP contribution is -2.46. The molecule has 1 aromatic rings. The fourth-order valence-corrected chi connectivity index (χ4v) is 3.47. The number of aromatic hydroxyl groups is 1. The lowest BCUT2D eigenvalue weighted by atomic mass is 9.95. The molecule has 4 N–H and O–H groups in total. The van der Waals surface area contributed by atoms with Crippen molar-refractivity contribution in [1.82, 2.24) is 10.2 Å². The van der Waals surface area contributed by atoms with Gasteiger partial charge in [-0.05, 0) is 43.9 Å². The number of likely N-dealkylation sites (tertiary alicyclic amines) is 1. The molecule has 0 aromatic heterocycles. The first-order valence-electron chi connectivity index (χ1n) is 9.83. The first-order chi connectivity index (χ1) is 13.7. The maximum atomic E-state index is 12.3. The molecule has 0 radical (unpaired) electrons. The number of rotatable bonds is 9. The second-order valence-electron chi connectivity index (χ2n) is 7.62. The second kappa shape index (κ2) is 10.2. The second-order valence-corrected chi connectivity index (χ2v) is 7.62. The van der Waals surface area contributed by atoms with Gasteiger partial charge in [0.05, 0.1) is 18.6 Å². The van der Waals surface area contributed by atoms with Crippen molar-refractivity contribution in [2.75, 3.05) is 13.1 Å². The number of amides is 2. The highest BCUT2D eigenvalue weighted by molar-refractivity contribution is 5.92. The van der Waals surface area contributed by atoms with Crippen LogP contribution in [0.4, 0.5) is 0 Å². The smallest absolute Gasteiger partial charge is 0.242 e. The average molecular weight is 403 g/mol. The van der Waals surface area contributed by atoms with Gasteiger partial charge in [0.15, 0.2) is 11.6 Å². The van der Waals surface area contributed by atoms with Gasteiger partial charge in [-0.15, -0.1) is 0 Å². The Morgan fingerprint density at radius 3 is 2.52 bits per heavy atom. The number of hydrogen-bond donors (Lipinski definition) is 3. The van der Waals surface area contributed by atoms with Crippen LogP contribution in [0.3, 0.4) is 0 Å². The molecule has 0 saturated carbocycles. The summed E-state index contributed by atoms with van der Waals surface area (Å²) in [5, 5.41) is 11.9. The molecule has 0 unspecified atom stereocenters. The molecule has 1 saturated heterocycles. The topological polar surface area (TPSA) is 130 Å². The molecule has 0 aliphatic carbocycles. The molecule has 2 amide bonds. The minimum Gasteiger partial charge on any atom is -0.508 e. The average Bonchev–Trinajstić information content (AvgIpc) is 3.17. The summed E-state index contributed by atoms with van der Waals surface area (Å²) in [6, 6.07) is 5.27. The number of benzene rings is 1. The molecule has 1 fully saturated rings. The van der Waals surface area contributed by atoms with E-state index in [0.29, 0.717) is 19.4 Å². The number of nitrogens with two attached hydrogens (primary N) is 1. The van der Waals surface area contributed by atoms with Gasteiger partial charge in [-0.2, -0.15) is 0 Å². The van der Waals surface area contributed by atoms with E-state index in [1.54, 1.807) is 19.1 Å². The molecular weight excluding hydrogens is 374 g/mol. The number of hydrogen-bond acceptors (Lipinski definition) is 6. The van der Waals surface area contributed by atoms with E-state index in [4.69, 9.17) is 5.73 Å². The van der Waals surface area contributed by atoms with Gasteiger partial charge >= 0.3 is 0 Å². The Labute approximate surface area is 170 Å². The van der Waals surface area contributed by atoms with Crippen molar-refractivity contribution < 1.29 is 24.3 Å². The molecule has 2 rings (SSSR count). The van der Waals surface area contributed by atoms with Crippen LogP contribution in [-0.2, 0) is 25.6 Å². The third kappa shape index (κ3) is 6.39. The zero-order valence-corrected chi connectivity index (χ0v) is 16.9. The van der Waals surface area contributed by atoms with Crippen molar-refractivity contribution in [2.24, 2.45) is 11.7 Å². The minimum atomic E-state index is -0.752. The number of ketones is 2. The van der Waals surface area contributed by atoms with E-state index in [1.165, 1.54) is 24.0 Å². The van der Waals surface area contributed by atoms with Crippen LogP contribution in [0.25, 0.3) is 0 Å². The van der Waals surface area contributed by atoms with Crippen molar-refractivity contribution in [1.29, 1.82) is 0 Å². The lowest BCUT2D eigenvalue weighted by molar-refractivity contribution is -0.138. The van der Waals surface area contributed by atoms with Crippen molar-refractivity contribution in [3.63, 3.8) is 0 Å². The highest BCUT2D eigenvalue weighted by Crippen LogP contribution is 2.18. The summed E-state index contributed by atoms with van der Waals surface area (Å²) in [6.45, 7) is 3.39. The standard InChI is InChI=1S/C21H29N3O5/c1-13(10-19(27)17(22)11-15-5-7-16(26)8-6-15)21(29)23-12-20(28)24-9-3-4-18(24)14(2)25/h5-8,13,17-18,26H,3-4,9-12,22H2,1-2H3,(H,23,29)/t13-,17+,18+/m1/s1. The number of Topliss-reactive ketones (excluding diaryl/α,β-unsaturated/α-hetero) is 2. The van der Waals surface area contributed by atoms with Gasteiger partial charge < -0.3 is 21.1 Å². The molecule has 1 aromatic carbocycles. The van der Waals surface area contributed by atoms with E-state index >= 15 is 0 Å². The van der Waals surface area contributed by atoms with E-state index < -0.39 is 23.9 Å². The highest BCUT2D eigenvalue weighted by atomic mass is 16.3. The number of nitrogens with zero attached hydrogens (tertiary/aromatic N) is 1. The van der Waals surface area contributed by atoms with Gasteiger partial charge in [0.1, 0.15) is 5.75 Å². The molecule has 8 nitrogen and oxygen atoms in total. The first kappa shape index (κ1) is 22.5. The Morgan fingerprint density at radius 2 is 1.90 bits per heavy atom. The molecule has 1 aliphatic rings. The van der Waals surface area contributed by atoms with E-state index in [-0.39, 0.29) is 36.2 Å². The molecular formula is C21H29N3O5. The molecule has 29 heavy (non-hydrogen) atoms. The highest BCUT2D eigenvalue weighted by Gasteiger charge is 2.32. The Hall–Kier alpha value is -2.74. The van der Waals surface area contributed by atoms with E-state index in [9.17, 15) is 24.3 Å². The minimum absolute atomic E-state index is 0.0287. The van der Waals surface area contributed by atoms with E-state index in [0.717, 1.165) is 12.0 Å². The van der Waals surface area contributed by atoms with Gasteiger partial charge in [0, 0.05) is 18.9 Å². The van der Waals surface area contributed by atoms with Crippen LogP contribution in [0, 0.1) is 5.92 Å². The molecule has 3 atom stereocenters. The Kier molecular flexibility index (Phi) is 7.90. The summed E-state index contributed by atoms with van der Waals surface area (Å²) in [6.07, 6.45) is 1.71. The maximum absolute atomic E-state index is 12.3. The van der Waals surface area contributed by atoms with Crippen LogP contribution in [0.1, 0.15) is 38.7 Å². The van der Waals surface area contributed by atoms with Gasteiger partial charge in [0.2, 0.25) is 11.8 Å². The zero-order chi connectivity index (χ0) is 21.6. The van der Waals surface area contributed by atoms with Crippen LogP contribution in [0.2, 0.25) is 0 Å². The van der Waals surface area contributed by atoms with Crippen LogP contribution >= 0.6 is 0 Å². The summed E-state index contributed by atoms with van der Waals surface area (Å²) in [7, 11) is 0. The van der Waals surface area contributed by atoms with Crippen molar-refractivity contribution in [3.05, 3.63) is 29.8 Å². The number of phenolic OH excluding ortho intramolecular Hbond substituents is 1. The van der Waals surface area contributed by atoms with Crippen LogP contribution in [0.15, 0.2) is 24.3 Å². The van der Waals surface area contributed by atoms with E-state index in [2.05, 4.69) is 5.32 Å². The first-order valence-corrected chi connectivity index (χ1v) is 9.83. The van der Waals surface area contributed by atoms with Gasteiger partial charge in [0.25, 0.3) is 0 Å².